The molecule has 0 saturated heterocycles. The minimum Gasteiger partial charge on any atom is -0.440 e. The van der Waals surface area contributed by atoms with Gasteiger partial charge in [-0.05, 0) is 55.7 Å². The standard InChI is InChI=1S/C21H23N3O3S2/c1-13-15(22-21(27-13)17-9-6-10-28-17)12-19(25)23-24-20(26)18-11-14-7-4-2-3-5-8-16(14)29-18/h6,9-11H,2-5,7-8,12H2,1H3,(H,23,25)(H,24,26). The molecule has 0 aliphatic heterocycles. The molecule has 0 atom stereocenters. The van der Waals surface area contributed by atoms with Crippen LogP contribution in [-0.2, 0) is 24.1 Å². The molecule has 0 bridgehead atoms. The van der Waals surface area contributed by atoms with Crippen molar-refractivity contribution in [3.8, 4) is 10.8 Å². The maximum Gasteiger partial charge on any atom is 0.279 e. The van der Waals surface area contributed by atoms with Crippen molar-refractivity contribution >= 4 is 34.5 Å². The minimum atomic E-state index is -0.331. The zero-order chi connectivity index (χ0) is 20.2. The van der Waals surface area contributed by atoms with E-state index in [0.717, 1.165) is 17.7 Å². The molecule has 1 aliphatic rings. The van der Waals surface area contributed by atoms with E-state index in [0.29, 0.717) is 22.2 Å². The first-order chi connectivity index (χ1) is 14.1. The van der Waals surface area contributed by atoms with E-state index in [-0.39, 0.29) is 18.2 Å². The number of amides is 2. The van der Waals surface area contributed by atoms with Gasteiger partial charge in [-0.3, -0.25) is 20.4 Å². The predicted molar refractivity (Wildman–Crippen MR) is 114 cm³/mol. The number of nitrogens with zero attached hydrogens (tertiary/aromatic N) is 1. The van der Waals surface area contributed by atoms with E-state index < -0.39 is 0 Å². The van der Waals surface area contributed by atoms with Crippen molar-refractivity contribution in [3.05, 3.63) is 50.4 Å². The number of carbonyl (C=O) groups is 2. The lowest BCUT2D eigenvalue weighted by molar-refractivity contribution is -0.121. The van der Waals surface area contributed by atoms with Crippen LogP contribution in [0.4, 0.5) is 0 Å². The van der Waals surface area contributed by atoms with E-state index in [1.165, 1.54) is 58.8 Å². The summed E-state index contributed by atoms with van der Waals surface area (Å²) in [6, 6.07) is 5.82. The lowest BCUT2D eigenvalue weighted by Crippen LogP contribution is -2.42. The molecule has 3 heterocycles. The van der Waals surface area contributed by atoms with E-state index in [4.69, 9.17) is 4.42 Å². The molecule has 29 heavy (non-hydrogen) atoms. The highest BCUT2D eigenvalue weighted by Gasteiger charge is 2.18. The van der Waals surface area contributed by atoms with Crippen LogP contribution in [-0.4, -0.2) is 16.8 Å². The Balaban J connectivity index is 1.34. The van der Waals surface area contributed by atoms with Gasteiger partial charge in [0.25, 0.3) is 5.91 Å². The van der Waals surface area contributed by atoms with E-state index in [9.17, 15) is 9.59 Å². The van der Waals surface area contributed by atoms with Crippen LogP contribution in [0, 0.1) is 6.92 Å². The molecule has 0 radical (unpaired) electrons. The van der Waals surface area contributed by atoms with Crippen LogP contribution in [0.3, 0.4) is 0 Å². The Hall–Kier alpha value is -2.45. The summed E-state index contributed by atoms with van der Waals surface area (Å²) in [7, 11) is 0. The molecule has 0 saturated carbocycles. The van der Waals surface area contributed by atoms with Crippen molar-refractivity contribution < 1.29 is 14.0 Å². The zero-order valence-corrected chi connectivity index (χ0v) is 17.9. The summed E-state index contributed by atoms with van der Waals surface area (Å²) in [5.74, 6) is 0.516. The molecule has 1 aliphatic carbocycles. The topological polar surface area (TPSA) is 84.2 Å². The number of aromatic nitrogens is 1. The zero-order valence-electron chi connectivity index (χ0n) is 16.2. The lowest BCUT2D eigenvalue weighted by atomic mass is 10.00. The average Bonchev–Trinajstić information content (AvgIpc) is 3.41. The average molecular weight is 430 g/mol. The molecule has 0 unspecified atom stereocenters. The van der Waals surface area contributed by atoms with E-state index in [1.54, 1.807) is 6.92 Å². The summed E-state index contributed by atoms with van der Waals surface area (Å²) in [4.78, 5) is 32.0. The first kappa shape index (κ1) is 19.8. The number of fused-ring (bicyclic) bond motifs is 1. The largest absolute Gasteiger partial charge is 0.440 e. The fourth-order valence-corrected chi connectivity index (χ4v) is 5.24. The first-order valence-corrected chi connectivity index (χ1v) is 11.5. The van der Waals surface area contributed by atoms with Crippen molar-refractivity contribution in [2.24, 2.45) is 0 Å². The highest BCUT2D eigenvalue weighted by molar-refractivity contribution is 7.14. The molecule has 3 aromatic heterocycles. The Bertz CT molecular complexity index is 979. The Kier molecular flexibility index (Phi) is 6.10. The molecule has 4 rings (SSSR count). The van der Waals surface area contributed by atoms with Gasteiger partial charge in [0.2, 0.25) is 11.8 Å². The smallest absolute Gasteiger partial charge is 0.279 e. The number of hydrogen-bond donors (Lipinski definition) is 2. The molecular formula is C21H23N3O3S2. The van der Waals surface area contributed by atoms with Gasteiger partial charge in [0.15, 0.2) is 0 Å². The van der Waals surface area contributed by atoms with Gasteiger partial charge in [-0.15, -0.1) is 22.7 Å². The van der Waals surface area contributed by atoms with Gasteiger partial charge in [-0.25, -0.2) is 4.98 Å². The molecule has 2 amide bonds. The van der Waals surface area contributed by atoms with Gasteiger partial charge in [0, 0.05) is 4.88 Å². The van der Waals surface area contributed by atoms with Crippen LogP contribution in [0.5, 0.6) is 0 Å². The monoisotopic (exact) mass is 429 g/mol. The Morgan fingerprint density at radius 3 is 2.79 bits per heavy atom. The molecule has 0 aromatic carbocycles. The van der Waals surface area contributed by atoms with Crippen LogP contribution in [0.25, 0.3) is 10.8 Å². The van der Waals surface area contributed by atoms with Crippen LogP contribution < -0.4 is 10.9 Å². The fraction of sp³-hybridized carbons (Fsp3) is 0.381. The van der Waals surface area contributed by atoms with E-state index >= 15 is 0 Å². The predicted octanol–water partition coefficient (Wildman–Crippen LogP) is 4.44. The number of hydrogen-bond acceptors (Lipinski definition) is 6. The molecule has 2 N–H and O–H groups in total. The molecule has 152 valence electrons. The van der Waals surface area contributed by atoms with Gasteiger partial charge in [-0.1, -0.05) is 18.9 Å². The molecule has 0 spiro atoms. The summed E-state index contributed by atoms with van der Waals surface area (Å²) in [5, 5.41) is 1.95. The fourth-order valence-electron chi connectivity index (χ4n) is 3.44. The Morgan fingerprint density at radius 1 is 1.17 bits per heavy atom. The number of nitrogens with one attached hydrogen (secondary N) is 2. The van der Waals surface area contributed by atoms with Gasteiger partial charge in [0.05, 0.1) is 21.9 Å². The van der Waals surface area contributed by atoms with E-state index in [1.807, 2.05) is 23.6 Å². The van der Waals surface area contributed by atoms with Gasteiger partial charge < -0.3 is 4.42 Å². The number of rotatable bonds is 4. The second-order valence-corrected chi connectivity index (χ2v) is 9.24. The van der Waals surface area contributed by atoms with Crippen LogP contribution in [0.15, 0.2) is 28.0 Å². The van der Waals surface area contributed by atoms with Gasteiger partial charge in [-0.2, -0.15) is 0 Å². The third-order valence-electron chi connectivity index (χ3n) is 4.99. The number of hydrazine groups is 1. The van der Waals surface area contributed by atoms with Crippen molar-refractivity contribution in [3.63, 3.8) is 0 Å². The summed E-state index contributed by atoms with van der Waals surface area (Å²) in [5.41, 5.74) is 6.88. The molecular weight excluding hydrogens is 406 g/mol. The number of oxazole rings is 1. The van der Waals surface area contributed by atoms with Crippen LogP contribution in [0.1, 0.15) is 57.2 Å². The van der Waals surface area contributed by atoms with Crippen molar-refractivity contribution in [2.45, 2.75) is 51.9 Å². The minimum absolute atomic E-state index is 0.0436. The lowest BCUT2D eigenvalue weighted by Gasteiger charge is -2.07. The molecule has 3 aromatic rings. The summed E-state index contributed by atoms with van der Waals surface area (Å²) in [6.07, 6.45) is 6.97. The SMILES string of the molecule is Cc1oc(-c2cccs2)nc1CC(=O)NNC(=O)c1cc2c(s1)CCCCCC2. The second-order valence-electron chi connectivity index (χ2n) is 7.15. The second kappa shape index (κ2) is 8.92. The maximum atomic E-state index is 12.5. The number of carbonyl (C=O) groups excluding carboxylic acids is 2. The Morgan fingerprint density at radius 2 is 2.00 bits per heavy atom. The van der Waals surface area contributed by atoms with Crippen molar-refractivity contribution in [1.29, 1.82) is 0 Å². The highest BCUT2D eigenvalue weighted by Crippen LogP contribution is 2.28. The third-order valence-corrected chi connectivity index (χ3v) is 7.08. The molecule has 8 heteroatoms. The molecule has 0 fully saturated rings. The maximum absolute atomic E-state index is 12.5. The number of thiophene rings is 2. The molecule has 6 nitrogen and oxygen atoms in total. The highest BCUT2D eigenvalue weighted by atomic mass is 32.1. The third kappa shape index (κ3) is 4.76. The van der Waals surface area contributed by atoms with Crippen molar-refractivity contribution in [2.75, 3.05) is 0 Å². The first-order valence-electron chi connectivity index (χ1n) is 9.81. The van der Waals surface area contributed by atoms with Crippen LogP contribution in [0.2, 0.25) is 0 Å². The number of aryl methyl sites for hydroxylation is 3. The summed E-state index contributed by atoms with van der Waals surface area (Å²) >= 11 is 3.07. The van der Waals surface area contributed by atoms with Crippen LogP contribution >= 0.6 is 22.7 Å². The normalized spacial score (nSPS) is 14.0. The van der Waals surface area contributed by atoms with E-state index in [2.05, 4.69) is 15.8 Å². The van der Waals surface area contributed by atoms with Crippen molar-refractivity contribution in [1.82, 2.24) is 15.8 Å². The van der Waals surface area contributed by atoms with Gasteiger partial charge >= 0.3 is 0 Å². The summed E-state index contributed by atoms with van der Waals surface area (Å²) in [6.45, 7) is 1.78. The Labute approximate surface area is 177 Å². The summed E-state index contributed by atoms with van der Waals surface area (Å²) < 4.78 is 5.66. The quantitative estimate of drug-likeness (QED) is 0.601. The van der Waals surface area contributed by atoms with Gasteiger partial charge in [0.1, 0.15) is 5.76 Å².